The Balaban J connectivity index is 0.00000128. The average Bonchev–Trinajstić information content (AvgIpc) is 2.29. The molecule has 1 N–H and O–H groups in total. The van der Waals surface area contributed by atoms with Gasteiger partial charge in [-0.1, -0.05) is 0 Å². The predicted molar refractivity (Wildman–Crippen MR) is 65.9 cm³/mol. The van der Waals surface area contributed by atoms with Crippen molar-refractivity contribution in [2.24, 2.45) is 0 Å². The molecule has 1 fully saturated rings. The Morgan fingerprint density at radius 3 is 3.12 bits per heavy atom. The summed E-state index contributed by atoms with van der Waals surface area (Å²) >= 11 is 0. The van der Waals surface area contributed by atoms with Crippen molar-refractivity contribution in [3.8, 4) is 6.07 Å². The molecule has 0 aromatic carbocycles. The minimum atomic E-state index is 0. The van der Waals surface area contributed by atoms with Crippen molar-refractivity contribution in [2.75, 3.05) is 24.5 Å². The molecule has 0 bridgehead atoms. The first kappa shape index (κ1) is 12.8. The molecule has 1 aromatic heterocycles. The molecule has 1 aromatic rings. The van der Waals surface area contributed by atoms with Gasteiger partial charge in [0.15, 0.2) is 0 Å². The number of nitrogens with one attached hydrogen (secondary N) is 1. The van der Waals surface area contributed by atoms with Crippen LogP contribution >= 0.6 is 12.4 Å². The molecule has 0 radical (unpaired) electrons. The normalized spacial score (nSPS) is 19.8. The summed E-state index contributed by atoms with van der Waals surface area (Å²) in [7, 11) is 0. The number of rotatable bonds is 1. The second-order valence-electron chi connectivity index (χ2n) is 3.79. The number of nitrogens with zero attached hydrogens (tertiary/aromatic N) is 3. The standard InChI is InChI=1S/C11H14N4.ClH/c1-9-8-15(6-5-13-9)11-10(7-12)3-2-4-14-11;/h2-4,9,13H,5-6,8H2,1H3;1H. The van der Waals surface area contributed by atoms with Crippen LogP contribution in [0.4, 0.5) is 5.82 Å². The van der Waals surface area contributed by atoms with E-state index < -0.39 is 0 Å². The predicted octanol–water partition coefficient (Wildman–Crippen LogP) is 1.17. The lowest BCUT2D eigenvalue weighted by Gasteiger charge is -2.33. The van der Waals surface area contributed by atoms with Crippen LogP contribution in [0.5, 0.6) is 0 Å². The number of anilines is 1. The molecule has 1 unspecified atom stereocenters. The summed E-state index contributed by atoms with van der Waals surface area (Å²) < 4.78 is 0. The van der Waals surface area contributed by atoms with Gasteiger partial charge in [-0.15, -0.1) is 12.4 Å². The number of pyridine rings is 1. The Kier molecular flexibility index (Phi) is 4.53. The van der Waals surface area contributed by atoms with Crippen LogP contribution < -0.4 is 10.2 Å². The number of aromatic nitrogens is 1. The molecule has 16 heavy (non-hydrogen) atoms. The number of piperazine rings is 1. The third-order valence-electron chi connectivity index (χ3n) is 2.58. The molecule has 1 aliphatic heterocycles. The molecule has 4 nitrogen and oxygen atoms in total. The molecule has 1 saturated heterocycles. The molecule has 86 valence electrons. The maximum atomic E-state index is 8.98. The van der Waals surface area contributed by atoms with E-state index in [-0.39, 0.29) is 12.4 Å². The van der Waals surface area contributed by atoms with Crippen LogP contribution in [0.1, 0.15) is 12.5 Å². The number of hydrogen-bond donors (Lipinski definition) is 1. The van der Waals surface area contributed by atoms with Gasteiger partial charge in [0, 0.05) is 31.9 Å². The zero-order chi connectivity index (χ0) is 10.7. The Hall–Kier alpha value is -1.31. The Labute approximate surface area is 102 Å². The van der Waals surface area contributed by atoms with Crippen molar-refractivity contribution >= 4 is 18.2 Å². The summed E-state index contributed by atoms with van der Waals surface area (Å²) in [5.41, 5.74) is 0.659. The smallest absolute Gasteiger partial charge is 0.146 e. The summed E-state index contributed by atoms with van der Waals surface area (Å²) in [6.07, 6.45) is 1.74. The third-order valence-corrected chi connectivity index (χ3v) is 2.58. The molecule has 0 spiro atoms. The van der Waals surface area contributed by atoms with Gasteiger partial charge in [-0.05, 0) is 19.1 Å². The zero-order valence-electron chi connectivity index (χ0n) is 9.18. The highest BCUT2D eigenvalue weighted by atomic mass is 35.5. The van der Waals surface area contributed by atoms with Gasteiger partial charge in [-0.2, -0.15) is 5.26 Å². The summed E-state index contributed by atoms with van der Waals surface area (Å²) in [5, 5.41) is 12.3. The highest BCUT2D eigenvalue weighted by molar-refractivity contribution is 5.85. The Bertz CT molecular complexity index is 388. The molecule has 5 heteroatoms. The van der Waals surface area contributed by atoms with E-state index in [4.69, 9.17) is 5.26 Å². The molecule has 0 aliphatic carbocycles. The van der Waals surface area contributed by atoms with Crippen LogP contribution in [0.15, 0.2) is 18.3 Å². The van der Waals surface area contributed by atoms with E-state index in [1.54, 1.807) is 12.3 Å². The lowest BCUT2D eigenvalue weighted by Crippen LogP contribution is -2.49. The number of halogens is 1. The van der Waals surface area contributed by atoms with Crippen LogP contribution in [0.3, 0.4) is 0 Å². The first-order chi connectivity index (χ1) is 7.31. The fourth-order valence-corrected chi connectivity index (χ4v) is 1.86. The van der Waals surface area contributed by atoms with E-state index in [0.717, 1.165) is 25.5 Å². The van der Waals surface area contributed by atoms with Gasteiger partial charge in [0.1, 0.15) is 11.9 Å². The Morgan fingerprint density at radius 1 is 1.62 bits per heavy atom. The van der Waals surface area contributed by atoms with Crippen molar-refractivity contribution in [2.45, 2.75) is 13.0 Å². The Morgan fingerprint density at radius 2 is 2.44 bits per heavy atom. The fourth-order valence-electron chi connectivity index (χ4n) is 1.86. The molecule has 1 aliphatic rings. The third kappa shape index (κ3) is 2.63. The van der Waals surface area contributed by atoms with Gasteiger partial charge in [-0.3, -0.25) is 0 Å². The molecular weight excluding hydrogens is 224 g/mol. The highest BCUT2D eigenvalue weighted by Crippen LogP contribution is 2.17. The van der Waals surface area contributed by atoms with Crippen LogP contribution in [0.25, 0.3) is 0 Å². The van der Waals surface area contributed by atoms with E-state index in [9.17, 15) is 0 Å². The van der Waals surface area contributed by atoms with Gasteiger partial charge in [0.05, 0.1) is 5.56 Å². The maximum absolute atomic E-state index is 8.98. The minimum Gasteiger partial charge on any atom is -0.353 e. The van der Waals surface area contributed by atoms with Crippen molar-refractivity contribution in [3.05, 3.63) is 23.9 Å². The minimum absolute atomic E-state index is 0. The molecular formula is C11H15ClN4. The summed E-state index contributed by atoms with van der Waals surface area (Å²) in [5.74, 6) is 0.813. The van der Waals surface area contributed by atoms with Crippen LogP contribution in [0, 0.1) is 11.3 Å². The van der Waals surface area contributed by atoms with E-state index in [2.05, 4.69) is 28.2 Å². The van der Waals surface area contributed by atoms with Crippen LogP contribution in [-0.4, -0.2) is 30.7 Å². The first-order valence-electron chi connectivity index (χ1n) is 5.14. The van der Waals surface area contributed by atoms with Gasteiger partial charge >= 0.3 is 0 Å². The topological polar surface area (TPSA) is 52.0 Å². The largest absolute Gasteiger partial charge is 0.353 e. The number of hydrogen-bond acceptors (Lipinski definition) is 4. The molecule has 2 rings (SSSR count). The SMILES string of the molecule is CC1CN(c2ncccc2C#N)CCN1.Cl. The van der Waals surface area contributed by atoms with Gasteiger partial charge < -0.3 is 10.2 Å². The fraction of sp³-hybridized carbons (Fsp3) is 0.455. The van der Waals surface area contributed by atoms with E-state index >= 15 is 0 Å². The van der Waals surface area contributed by atoms with Crippen molar-refractivity contribution in [1.29, 1.82) is 5.26 Å². The zero-order valence-corrected chi connectivity index (χ0v) is 10.00. The van der Waals surface area contributed by atoms with Crippen LogP contribution in [0.2, 0.25) is 0 Å². The monoisotopic (exact) mass is 238 g/mol. The van der Waals surface area contributed by atoms with Gasteiger partial charge in [0.25, 0.3) is 0 Å². The first-order valence-corrected chi connectivity index (χ1v) is 5.14. The maximum Gasteiger partial charge on any atom is 0.146 e. The second kappa shape index (κ2) is 5.69. The quantitative estimate of drug-likeness (QED) is 0.798. The molecule has 1 atom stereocenters. The lowest BCUT2D eigenvalue weighted by molar-refractivity contribution is 0.482. The van der Waals surface area contributed by atoms with Crippen molar-refractivity contribution in [3.63, 3.8) is 0 Å². The number of nitriles is 1. The summed E-state index contributed by atoms with van der Waals surface area (Å²) in [6, 6.07) is 6.25. The summed E-state index contributed by atoms with van der Waals surface area (Å²) in [6.45, 7) is 4.91. The van der Waals surface area contributed by atoms with Gasteiger partial charge in [0.2, 0.25) is 0 Å². The van der Waals surface area contributed by atoms with E-state index in [0.29, 0.717) is 11.6 Å². The van der Waals surface area contributed by atoms with Crippen molar-refractivity contribution in [1.82, 2.24) is 10.3 Å². The van der Waals surface area contributed by atoms with E-state index in [1.165, 1.54) is 0 Å². The molecule has 2 heterocycles. The highest BCUT2D eigenvalue weighted by Gasteiger charge is 2.18. The lowest BCUT2D eigenvalue weighted by atomic mass is 10.2. The molecule has 0 saturated carbocycles. The van der Waals surface area contributed by atoms with Gasteiger partial charge in [-0.25, -0.2) is 4.98 Å². The molecule has 0 amide bonds. The van der Waals surface area contributed by atoms with E-state index in [1.807, 2.05) is 6.07 Å². The van der Waals surface area contributed by atoms with Crippen molar-refractivity contribution < 1.29 is 0 Å². The average molecular weight is 239 g/mol. The van der Waals surface area contributed by atoms with Crippen LogP contribution in [-0.2, 0) is 0 Å². The second-order valence-corrected chi connectivity index (χ2v) is 3.79. The summed E-state index contributed by atoms with van der Waals surface area (Å²) in [4.78, 5) is 6.45.